The lowest BCUT2D eigenvalue weighted by Crippen LogP contribution is -2.59. The molecule has 0 aromatic heterocycles. The molecule has 0 saturated carbocycles. The van der Waals surface area contributed by atoms with Gasteiger partial charge in [-0.2, -0.15) is 0 Å². The van der Waals surface area contributed by atoms with Crippen molar-refractivity contribution in [1.29, 1.82) is 0 Å². The summed E-state index contributed by atoms with van der Waals surface area (Å²) in [5.41, 5.74) is 17.0. The molecule has 1 aliphatic rings. The number of amides is 6. The van der Waals surface area contributed by atoms with Gasteiger partial charge in [-0.3, -0.25) is 38.4 Å². The number of hydrogen-bond donors (Lipinski definition) is 11. The number of nitrogens with one attached hydrogen (secondary N) is 5. The van der Waals surface area contributed by atoms with Gasteiger partial charge in [0.2, 0.25) is 35.4 Å². The van der Waals surface area contributed by atoms with Crippen molar-refractivity contribution in [3.8, 4) is 0 Å². The molecular formula is C33H57N9O12. The van der Waals surface area contributed by atoms with Gasteiger partial charge in [-0.15, -0.1) is 0 Å². The first-order valence-corrected chi connectivity index (χ1v) is 18.1. The molecule has 0 unspecified atom stereocenters. The second kappa shape index (κ2) is 24.4. The van der Waals surface area contributed by atoms with Gasteiger partial charge in [0, 0.05) is 19.4 Å². The minimum absolute atomic E-state index is 0.113. The van der Waals surface area contributed by atoms with Gasteiger partial charge in [-0.25, -0.2) is 4.79 Å². The third-order valence-corrected chi connectivity index (χ3v) is 8.75. The Morgan fingerprint density at radius 3 is 1.65 bits per heavy atom. The van der Waals surface area contributed by atoms with E-state index >= 15 is 0 Å². The van der Waals surface area contributed by atoms with Crippen molar-refractivity contribution < 1.29 is 58.5 Å². The highest BCUT2D eigenvalue weighted by molar-refractivity contribution is 5.97. The number of aliphatic carboxylic acids is 3. The average Bonchev–Trinajstić information content (AvgIpc) is 3.61. The van der Waals surface area contributed by atoms with Crippen LogP contribution in [-0.4, -0.2) is 135 Å². The Kier molecular flexibility index (Phi) is 21.3. The number of carboxylic acids is 3. The molecule has 14 N–H and O–H groups in total. The molecule has 1 rings (SSSR count). The van der Waals surface area contributed by atoms with Crippen LogP contribution in [0.5, 0.6) is 0 Å². The van der Waals surface area contributed by atoms with Crippen molar-refractivity contribution in [3.05, 3.63) is 0 Å². The number of nitrogens with two attached hydrogens (primary N) is 3. The summed E-state index contributed by atoms with van der Waals surface area (Å²) in [7, 11) is 0. The zero-order valence-corrected chi connectivity index (χ0v) is 30.8. The lowest BCUT2D eigenvalue weighted by molar-refractivity contribution is -0.143. The Balaban J connectivity index is 3.07. The van der Waals surface area contributed by atoms with E-state index in [2.05, 4.69) is 26.6 Å². The number of likely N-dealkylation sites (tertiary alicyclic amines) is 1. The molecule has 0 bridgehead atoms. The second-order valence-corrected chi connectivity index (χ2v) is 13.2. The molecule has 7 atom stereocenters. The summed E-state index contributed by atoms with van der Waals surface area (Å²) in [6.45, 7) is 3.45. The van der Waals surface area contributed by atoms with Crippen molar-refractivity contribution in [2.24, 2.45) is 17.2 Å². The molecule has 1 heterocycles. The predicted octanol–water partition coefficient (Wildman–Crippen LogP) is -3.16. The van der Waals surface area contributed by atoms with Crippen molar-refractivity contribution in [1.82, 2.24) is 31.5 Å². The molecule has 0 aromatic carbocycles. The molecule has 21 nitrogen and oxygen atoms in total. The van der Waals surface area contributed by atoms with Crippen LogP contribution in [0.3, 0.4) is 0 Å². The summed E-state index contributed by atoms with van der Waals surface area (Å²) in [6, 6.07) is -8.41. The number of hydrogen-bond acceptors (Lipinski definition) is 12. The zero-order chi connectivity index (χ0) is 41.0. The van der Waals surface area contributed by atoms with E-state index in [0.717, 1.165) is 0 Å². The highest BCUT2D eigenvalue weighted by Crippen LogP contribution is 2.21. The van der Waals surface area contributed by atoms with E-state index in [1.54, 1.807) is 0 Å². The predicted molar refractivity (Wildman–Crippen MR) is 191 cm³/mol. The van der Waals surface area contributed by atoms with Crippen LogP contribution < -0.4 is 43.8 Å². The number of carbonyl (C=O) groups is 9. The highest BCUT2D eigenvalue weighted by atomic mass is 16.4. The summed E-state index contributed by atoms with van der Waals surface area (Å²) >= 11 is 0. The lowest BCUT2D eigenvalue weighted by atomic mass is 10.0. The first-order valence-electron chi connectivity index (χ1n) is 18.1. The Bertz CT molecular complexity index is 1330. The first-order chi connectivity index (χ1) is 25.4. The topological polar surface area (TPSA) is 356 Å². The number of rotatable bonds is 26. The van der Waals surface area contributed by atoms with Crippen LogP contribution in [0.4, 0.5) is 0 Å². The van der Waals surface area contributed by atoms with E-state index in [1.807, 2.05) is 0 Å². The summed E-state index contributed by atoms with van der Waals surface area (Å²) in [5.74, 6) is -8.19. The molecule has 306 valence electrons. The molecular weight excluding hydrogens is 714 g/mol. The van der Waals surface area contributed by atoms with Crippen LogP contribution in [-0.2, 0) is 43.2 Å². The molecule has 0 spiro atoms. The van der Waals surface area contributed by atoms with Gasteiger partial charge < -0.3 is 64.0 Å². The molecule has 54 heavy (non-hydrogen) atoms. The van der Waals surface area contributed by atoms with E-state index in [1.165, 1.54) is 18.7 Å². The summed E-state index contributed by atoms with van der Waals surface area (Å²) < 4.78 is 0. The number of carbonyl (C=O) groups excluding carboxylic acids is 6. The Morgan fingerprint density at radius 1 is 0.630 bits per heavy atom. The van der Waals surface area contributed by atoms with E-state index in [-0.39, 0.29) is 45.1 Å². The fourth-order valence-corrected chi connectivity index (χ4v) is 5.58. The maximum Gasteiger partial charge on any atom is 0.326 e. The number of unbranched alkanes of at least 4 members (excludes halogenated alkanes) is 2. The standard InChI is InChI=1S/C33H57N9O12/c1-18(37-29(49)20(36)11-13-25(43)44)27(47)40-22(9-4-6-16-35)32(52)42-17-7-10-24(42)31(51)39-21(8-3-5-15-34)30(50)38-19(2)28(48)41-23(33(53)54)12-14-26(45)46/h18-24H,3-17,34-36H2,1-2H3,(H,37,49)(H,38,50)(H,39,51)(H,40,47)(H,41,48)(H,43,44)(H,45,46)(H,53,54)/t18-,19-,20-,21-,22-,23-,24-/m0/s1. The Morgan fingerprint density at radius 2 is 1.13 bits per heavy atom. The monoisotopic (exact) mass is 771 g/mol. The van der Waals surface area contributed by atoms with E-state index < -0.39 is 102 Å². The summed E-state index contributed by atoms with van der Waals surface area (Å²) in [5, 5.41) is 39.4. The molecule has 0 aromatic rings. The quantitative estimate of drug-likeness (QED) is 0.0387. The van der Waals surface area contributed by atoms with E-state index in [4.69, 9.17) is 27.4 Å². The minimum Gasteiger partial charge on any atom is -0.481 e. The summed E-state index contributed by atoms with van der Waals surface area (Å²) in [4.78, 5) is 114. The summed E-state index contributed by atoms with van der Waals surface area (Å²) in [6.07, 6.45) is 1.44. The molecule has 21 heteroatoms. The van der Waals surface area contributed by atoms with Crippen LogP contribution in [0.25, 0.3) is 0 Å². The SMILES string of the molecule is C[C@H](NC(=O)[C@H](CCCCN)NC(=O)[C@@H]1CCCN1C(=O)[C@H](CCCCN)NC(=O)[C@H](C)NC(=O)[C@@H](N)CCC(=O)O)C(=O)N[C@@H](CCC(=O)O)C(=O)O. The second-order valence-electron chi connectivity index (χ2n) is 13.2. The smallest absolute Gasteiger partial charge is 0.326 e. The number of nitrogens with zero attached hydrogens (tertiary/aromatic N) is 1. The Labute approximate surface area is 313 Å². The van der Waals surface area contributed by atoms with Crippen LogP contribution in [0, 0.1) is 0 Å². The normalized spacial score (nSPS) is 17.1. The first kappa shape index (κ1) is 47.1. The zero-order valence-electron chi connectivity index (χ0n) is 30.8. The van der Waals surface area contributed by atoms with Gasteiger partial charge in [0.15, 0.2) is 0 Å². The van der Waals surface area contributed by atoms with Gasteiger partial charge >= 0.3 is 17.9 Å². The highest BCUT2D eigenvalue weighted by Gasteiger charge is 2.39. The third kappa shape index (κ3) is 16.8. The minimum atomic E-state index is -1.52. The maximum absolute atomic E-state index is 13.9. The molecule has 1 saturated heterocycles. The van der Waals surface area contributed by atoms with Crippen LogP contribution in [0.2, 0.25) is 0 Å². The van der Waals surface area contributed by atoms with E-state index in [0.29, 0.717) is 45.2 Å². The van der Waals surface area contributed by atoms with Crippen molar-refractivity contribution in [2.75, 3.05) is 19.6 Å². The van der Waals surface area contributed by atoms with Crippen molar-refractivity contribution >= 4 is 53.4 Å². The van der Waals surface area contributed by atoms with Crippen LogP contribution >= 0.6 is 0 Å². The molecule has 0 radical (unpaired) electrons. The average molecular weight is 772 g/mol. The molecule has 1 aliphatic heterocycles. The molecule has 1 fully saturated rings. The fourth-order valence-electron chi connectivity index (χ4n) is 5.58. The van der Waals surface area contributed by atoms with Crippen LogP contribution in [0.1, 0.15) is 90.9 Å². The fraction of sp³-hybridized carbons (Fsp3) is 0.727. The molecule has 6 amide bonds. The van der Waals surface area contributed by atoms with Crippen molar-refractivity contribution in [2.45, 2.75) is 133 Å². The van der Waals surface area contributed by atoms with Crippen molar-refractivity contribution in [3.63, 3.8) is 0 Å². The van der Waals surface area contributed by atoms with E-state index in [9.17, 15) is 48.3 Å². The Hall–Kier alpha value is -4.89. The van der Waals surface area contributed by atoms with Gasteiger partial charge in [-0.05, 0) is 91.1 Å². The van der Waals surface area contributed by atoms with Gasteiger partial charge in [0.05, 0.1) is 6.04 Å². The van der Waals surface area contributed by atoms with Gasteiger partial charge in [0.1, 0.15) is 36.3 Å². The molecule has 0 aliphatic carbocycles. The van der Waals surface area contributed by atoms with Gasteiger partial charge in [-0.1, -0.05) is 0 Å². The third-order valence-electron chi connectivity index (χ3n) is 8.75. The van der Waals surface area contributed by atoms with Gasteiger partial charge in [0.25, 0.3) is 0 Å². The largest absolute Gasteiger partial charge is 0.481 e. The lowest BCUT2D eigenvalue weighted by Gasteiger charge is -2.30. The van der Waals surface area contributed by atoms with Crippen LogP contribution in [0.15, 0.2) is 0 Å². The number of carboxylic acid groups (broad SMARTS) is 3. The maximum atomic E-state index is 13.9.